The Hall–Kier alpha value is -5.30. The fourth-order valence-electron chi connectivity index (χ4n) is 4.33. The number of aromatic amines is 1. The third kappa shape index (κ3) is 4.30. The van der Waals surface area contributed by atoms with E-state index in [0.717, 1.165) is 39.3 Å². The zero-order valence-electron chi connectivity index (χ0n) is 19.7. The highest BCUT2D eigenvalue weighted by Crippen LogP contribution is 2.37. The van der Waals surface area contributed by atoms with Gasteiger partial charge in [0.05, 0.1) is 27.6 Å². The van der Waals surface area contributed by atoms with Crippen LogP contribution in [0.4, 0.5) is 5.69 Å². The van der Waals surface area contributed by atoms with Crippen molar-refractivity contribution in [2.75, 3.05) is 0 Å². The quantitative estimate of drug-likeness (QED) is 0.201. The third-order valence-corrected chi connectivity index (χ3v) is 6.16. The van der Waals surface area contributed by atoms with Gasteiger partial charge in [-0.15, -0.1) is 0 Å². The molecule has 0 saturated carbocycles. The molecule has 0 aliphatic rings. The lowest BCUT2D eigenvalue weighted by Gasteiger charge is -2.02. The Kier molecular flexibility index (Phi) is 5.63. The molecular formula is C30H21N5O2. The monoisotopic (exact) mass is 483 g/mol. The first kappa shape index (κ1) is 22.2. The number of hydrogen-bond donors (Lipinski definition) is 1. The normalized spacial score (nSPS) is 10.9. The number of H-pyrrole nitrogens is 1. The number of aromatic nitrogens is 4. The maximum atomic E-state index is 11.2. The smallest absolute Gasteiger partial charge is 0.269 e. The molecule has 2 aromatic heterocycles. The van der Waals surface area contributed by atoms with Crippen LogP contribution in [0.1, 0.15) is 0 Å². The molecule has 2 heterocycles. The first-order chi connectivity index (χ1) is 18.2. The second-order valence-corrected chi connectivity index (χ2v) is 8.52. The molecule has 0 saturated heterocycles. The topological polar surface area (TPSA) is 89.6 Å². The molecule has 0 amide bonds. The molecule has 0 aliphatic heterocycles. The fraction of sp³-hybridized carbons (Fsp3) is 0. The van der Waals surface area contributed by atoms with Crippen molar-refractivity contribution in [3.63, 3.8) is 0 Å². The van der Waals surface area contributed by atoms with Crippen molar-refractivity contribution in [3.8, 4) is 50.8 Å². The van der Waals surface area contributed by atoms with Crippen molar-refractivity contribution in [2.24, 2.45) is 0 Å². The summed E-state index contributed by atoms with van der Waals surface area (Å²) in [5.41, 5.74) is 6.91. The Labute approximate surface area is 212 Å². The number of rotatable bonds is 6. The van der Waals surface area contributed by atoms with E-state index in [-0.39, 0.29) is 5.69 Å². The number of hydrogen-bond acceptors (Lipinski definition) is 4. The van der Waals surface area contributed by atoms with Gasteiger partial charge in [0.2, 0.25) is 0 Å². The maximum absolute atomic E-state index is 11.2. The fourth-order valence-corrected chi connectivity index (χ4v) is 4.33. The van der Waals surface area contributed by atoms with E-state index in [2.05, 4.69) is 4.98 Å². The van der Waals surface area contributed by atoms with Gasteiger partial charge >= 0.3 is 0 Å². The molecule has 0 fully saturated rings. The summed E-state index contributed by atoms with van der Waals surface area (Å²) in [4.78, 5) is 19.4. The number of benzene rings is 4. The van der Waals surface area contributed by atoms with Crippen molar-refractivity contribution in [1.82, 2.24) is 19.7 Å². The molecule has 0 atom stereocenters. The molecule has 0 aliphatic carbocycles. The van der Waals surface area contributed by atoms with Crippen LogP contribution in [0.5, 0.6) is 0 Å². The van der Waals surface area contributed by atoms with Gasteiger partial charge in [-0.3, -0.25) is 10.1 Å². The van der Waals surface area contributed by atoms with Gasteiger partial charge in [0, 0.05) is 35.0 Å². The van der Waals surface area contributed by atoms with Crippen molar-refractivity contribution >= 4 is 5.69 Å². The van der Waals surface area contributed by atoms with Crippen molar-refractivity contribution < 1.29 is 4.92 Å². The molecule has 7 nitrogen and oxygen atoms in total. The van der Waals surface area contributed by atoms with Crippen LogP contribution in [0.15, 0.2) is 121 Å². The second-order valence-electron chi connectivity index (χ2n) is 8.52. The molecule has 0 unspecified atom stereocenters. The Morgan fingerprint density at radius 2 is 1.24 bits per heavy atom. The standard InChI is InChI=1S/C30H21N5O2/c36-35(37)25-18-16-23(17-19-25)27-26(20-34(33-27)24-14-8-3-9-15-24)30-31-28(21-10-4-1-5-11-21)29(32-30)22-12-6-2-7-13-22/h1-20H,(H,31,32). The molecule has 6 rings (SSSR count). The lowest BCUT2D eigenvalue weighted by molar-refractivity contribution is -0.384. The highest BCUT2D eigenvalue weighted by atomic mass is 16.6. The third-order valence-electron chi connectivity index (χ3n) is 6.16. The lowest BCUT2D eigenvalue weighted by Crippen LogP contribution is -1.94. The molecular weight excluding hydrogens is 462 g/mol. The summed E-state index contributed by atoms with van der Waals surface area (Å²) in [6, 6.07) is 36.4. The molecule has 4 aromatic carbocycles. The molecule has 7 heteroatoms. The molecule has 178 valence electrons. The van der Waals surface area contributed by atoms with Crippen LogP contribution in [-0.4, -0.2) is 24.7 Å². The number of imidazole rings is 1. The predicted octanol–water partition coefficient (Wildman–Crippen LogP) is 7.17. The number of nitrogens with zero attached hydrogens (tertiary/aromatic N) is 4. The van der Waals surface area contributed by atoms with E-state index < -0.39 is 4.92 Å². The lowest BCUT2D eigenvalue weighted by atomic mass is 10.1. The number of para-hydroxylation sites is 1. The minimum atomic E-state index is -0.405. The van der Waals surface area contributed by atoms with E-state index in [4.69, 9.17) is 10.1 Å². The van der Waals surface area contributed by atoms with Crippen molar-refractivity contribution in [3.05, 3.63) is 132 Å². The van der Waals surface area contributed by atoms with Crippen molar-refractivity contribution in [1.29, 1.82) is 0 Å². The summed E-state index contributed by atoms with van der Waals surface area (Å²) in [5, 5.41) is 16.1. The largest absolute Gasteiger partial charge is 0.337 e. The van der Waals surface area contributed by atoms with Crippen LogP contribution in [-0.2, 0) is 0 Å². The Morgan fingerprint density at radius 1 is 0.676 bits per heavy atom. The second kappa shape index (κ2) is 9.39. The average molecular weight is 484 g/mol. The number of non-ortho nitro benzene ring substituents is 1. The Balaban J connectivity index is 1.56. The van der Waals surface area contributed by atoms with Gasteiger partial charge in [0.25, 0.3) is 5.69 Å². The highest BCUT2D eigenvalue weighted by Gasteiger charge is 2.21. The van der Waals surface area contributed by atoms with Crippen LogP contribution in [0.3, 0.4) is 0 Å². The summed E-state index contributed by atoms with van der Waals surface area (Å²) in [6.45, 7) is 0. The van der Waals surface area contributed by atoms with Gasteiger partial charge in [-0.25, -0.2) is 9.67 Å². The van der Waals surface area contributed by atoms with E-state index >= 15 is 0 Å². The van der Waals surface area contributed by atoms with E-state index in [9.17, 15) is 10.1 Å². The van der Waals surface area contributed by atoms with E-state index in [1.54, 1.807) is 16.8 Å². The van der Waals surface area contributed by atoms with E-state index in [1.165, 1.54) is 12.1 Å². The first-order valence-corrected chi connectivity index (χ1v) is 11.8. The summed E-state index contributed by atoms with van der Waals surface area (Å²) < 4.78 is 1.80. The molecule has 0 spiro atoms. The highest BCUT2D eigenvalue weighted by molar-refractivity contribution is 5.85. The summed E-state index contributed by atoms with van der Waals surface area (Å²) in [7, 11) is 0. The zero-order valence-corrected chi connectivity index (χ0v) is 19.7. The van der Waals surface area contributed by atoms with E-state index in [0.29, 0.717) is 11.5 Å². The number of nitrogens with one attached hydrogen (secondary N) is 1. The van der Waals surface area contributed by atoms with Crippen LogP contribution < -0.4 is 0 Å². The minimum Gasteiger partial charge on any atom is -0.337 e. The Morgan fingerprint density at radius 3 is 1.86 bits per heavy atom. The molecule has 0 bridgehead atoms. The van der Waals surface area contributed by atoms with Gasteiger partial charge in [0.1, 0.15) is 11.5 Å². The van der Waals surface area contributed by atoms with Gasteiger partial charge < -0.3 is 4.98 Å². The predicted molar refractivity (Wildman–Crippen MR) is 144 cm³/mol. The first-order valence-electron chi connectivity index (χ1n) is 11.8. The van der Waals surface area contributed by atoms with Crippen LogP contribution in [0, 0.1) is 10.1 Å². The zero-order chi connectivity index (χ0) is 25.2. The summed E-state index contributed by atoms with van der Waals surface area (Å²) >= 11 is 0. The summed E-state index contributed by atoms with van der Waals surface area (Å²) in [5.74, 6) is 0.660. The number of nitro benzene ring substituents is 1. The van der Waals surface area contributed by atoms with Crippen LogP contribution in [0.2, 0.25) is 0 Å². The van der Waals surface area contributed by atoms with Crippen LogP contribution >= 0.6 is 0 Å². The molecule has 6 aromatic rings. The number of nitro groups is 1. The van der Waals surface area contributed by atoms with Crippen LogP contribution in [0.25, 0.3) is 50.8 Å². The Bertz CT molecular complexity index is 1620. The maximum Gasteiger partial charge on any atom is 0.269 e. The van der Waals surface area contributed by atoms with E-state index in [1.807, 2.05) is 97.2 Å². The SMILES string of the molecule is O=[N+]([O-])c1ccc(-c2nn(-c3ccccc3)cc2-c2nc(-c3ccccc3)c(-c3ccccc3)[nH]2)cc1. The molecule has 37 heavy (non-hydrogen) atoms. The summed E-state index contributed by atoms with van der Waals surface area (Å²) in [6.07, 6.45) is 1.94. The van der Waals surface area contributed by atoms with Gasteiger partial charge in [-0.05, 0) is 24.3 Å². The minimum absolute atomic E-state index is 0.0310. The van der Waals surface area contributed by atoms with Gasteiger partial charge in [0.15, 0.2) is 0 Å². The average Bonchev–Trinajstić information content (AvgIpc) is 3.60. The van der Waals surface area contributed by atoms with Gasteiger partial charge in [-0.1, -0.05) is 78.9 Å². The molecule has 1 N–H and O–H groups in total. The van der Waals surface area contributed by atoms with Gasteiger partial charge in [-0.2, -0.15) is 5.10 Å². The molecule has 0 radical (unpaired) electrons. The van der Waals surface area contributed by atoms with Crippen molar-refractivity contribution in [2.45, 2.75) is 0 Å².